The zero-order valence-corrected chi connectivity index (χ0v) is 25.3. The molecule has 0 radical (unpaired) electrons. The summed E-state index contributed by atoms with van der Waals surface area (Å²) in [5, 5.41) is 21.3. The van der Waals surface area contributed by atoms with E-state index in [1.54, 1.807) is 38.2 Å². The number of allylic oxidation sites excluding steroid dienone is 1. The third-order valence-electron chi connectivity index (χ3n) is 8.31. The van der Waals surface area contributed by atoms with Crippen LogP contribution in [0.2, 0.25) is 0 Å². The Bertz CT molecular complexity index is 1400. The third-order valence-corrected chi connectivity index (χ3v) is 8.31. The summed E-state index contributed by atoms with van der Waals surface area (Å²) in [6, 6.07) is 18.9. The number of aliphatic hydroxyl groups excluding tert-OH is 1. The number of carbonyl (C=O) groups excluding carboxylic acids is 1. The van der Waals surface area contributed by atoms with Crippen molar-refractivity contribution in [3.63, 3.8) is 0 Å². The van der Waals surface area contributed by atoms with Crippen molar-refractivity contribution in [2.24, 2.45) is 0 Å². The summed E-state index contributed by atoms with van der Waals surface area (Å²) in [5.74, 6) is -1.58. The Morgan fingerprint density at radius 1 is 0.929 bits per heavy atom. The van der Waals surface area contributed by atoms with Gasteiger partial charge in [-0.3, -0.25) is 4.79 Å². The number of benzene rings is 3. The SMILES string of the molecule is CNC(=O)c1ccc(N/C(=C(/C)c2cc(F)cc(F)c2)[C@H](O)CNC2(c3cccc(C(C)(C)C)c3)CCCCC2)cc1. The van der Waals surface area contributed by atoms with Crippen LogP contribution in [-0.4, -0.2) is 30.7 Å². The predicted molar refractivity (Wildman–Crippen MR) is 166 cm³/mol. The monoisotopic (exact) mass is 575 g/mol. The average Bonchev–Trinajstić information content (AvgIpc) is 2.98. The van der Waals surface area contributed by atoms with Crippen LogP contribution in [0.3, 0.4) is 0 Å². The predicted octanol–water partition coefficient (Wildman–Crippen LogP) is 7.28. The van der Waals surface area contributed by atoms with Crippen molar-refractivity contribution in [2.45, 2.75) is 76.9 Å². The molecule has 224 valence electrons. The first-order chi connectivity index (χ1) is 19.9. The maximum absolute atomic E-state index is 14.2. The molecule has 0 saturated heterocycles. The first-order valence-corrected chi connectivity index (χ1v) is 14.7. The maximum Gasteiger partial charge on any atom is 0.251 e. The molecule has 1 amide bonds. The number of hydrogen-bond donors (Lipinski definition) is 4. The maximum atomic E-state index is 14.2. The molecular weight excluding hydrogens is 532 g/mol. The Morgan fingerprint density at radius 3 is 2.17 bits per heavy atom. The highest BCUT2D eigenvalue weighted by Crippen LogP contribution is 2.39. The summed E-state index contributed by atoms with van der Waals surface area (Å²) in [6.45, 7) is 8.59. The lowest BCUT2D eigenvalue weighted by Gasteiger charge is -2.40. The van der Waals surface area contributed by atoms with E-state index >= 15 is 0 Å². The van der Waals surface area contributed by atoms with Crippen LogP contribution in [0.25, 0.3) is 5.57 Å². The van der Waals surface area contributed by atoms with Gasteiger partial charge in [-0.2, -0.15) is 0 Å². The number of nitrogens with one attached hydrogen (secondary N) is 3. The number of anilines is 1. The molecule has 0 heterocycles. The summed E-state index contributed by atoms with van der Waals surface area (Å²) in [6.07, 6.45) is 4.24. The van der Waals surface area contributed by atoms with E-state index in [1.165, 1.54) is 29.7 Å². The van der Waals surface area contributed by atoms with E-state index in [9.17, 15) is 18.7 Å². The summed E-state index contributed by atoms with van der Waals surface area (Å²) in [4.78, 5) is 12.0. The smallest absolute Gasteiger partial charge is 0.251 e. The molecule has 1 fully saturated rings. The largest absolute Gasteiger partial charge is 0.386 e. The van der Waals surface area contributed by atoms with Crippen molar-refractivity contribution in [1.29, 1.82) is 0 Å². The van der Waals surface area contributed by atoms with Crippen molar-refractivity contribution in [2.75, 3.05) is 18.9 Å². The van der Waals surface area contributed by atoms with Crippen LogP contribution in [0.4, 0.5) is 14.5 Å². The number of amides is 1. The van der Waals surface area contributed by atoms with Gasteiger partial charge in [-0.25, -0.2) is 8.78 Å². The zero-order chi connectivity index (χ0) is 30.5. The first-order valence-electron chi connectivity index (χ1n) is 14.7. The second kappa shape index (κ2) is 13.2. The minimum absolute atomic E-state index is 0.00983. The highest BCUT2D eigenvalue weighted by atomic mass is 19.1. The molecule has 1 saturated carbocycles. The lowest BCUT2D eigenvalue weighted by molar-refractivity contribution is 0.0963. The second-order valence-corrected chi connectivity index (χ2v) is 12.3. The van der Waals surface area contributed by atoms with Crippen LogP contribution >= 0.6 is 0 Å². The van der Waals surface area contributed by atoms with Gasteiger partial charge < -0.3 is 21.1 Å². The molecule has 3 aromatic carbocycles. The molecule has 42 heavy (non-hydrogen) atoms. The minimum atomic E-state index is -1.01. The van der Waals surface area contributed by atoms with Gasteiger partial charge in [0.25, 0.3) is 5.91 Å². The molecule has 5 nitrogen and oxygen atoms in total. The average molecular weight is 576 g/mol. The number of carbonyl (C=O) groups is 1. The molecule has 0 aromatic heterocycles. The normalized spacial score (nSPS) is 16.4. The number of halogens is 2. The fourth-order valence-corrected chi connectivity index (χ4v) is 5.76. The van der Waals surface area contributed by atoms with Gasteiger partial charge in [0.15, 0.2) is 0 Å². The number of hydrogen-bond acceptors (Lipinski definition) is 4. The van der Waals surface area contributed by atoms with Crippen LogP contribution in [0.1, 0.15) is 86.8 Å². The molecule has 1 aliphatic rings. The van der Waals surface area contributed by atoms with Gasteiger partial charge in [0, 0.05) is 42.1 Å². The van der Waals surface area contributed by atoms with Crippen molar-refractivity contribution in [3.05, 3.63) is 106 Å². The van der Waals surface area contributed by atoms with Gasteiger partial charge in [0.05, 0.1) is 0 Å². The summed E-state index contributed by atoms with van der Waals surface area (Å²) in [5.41, 5.74) is 4.61. The van der Waals surface area contributed by atoms with E-state index in [0.29, 0.717) is 28.1 Å². The van der Waals surface area contributed by atoms with E-state index in [-0.39, 0.29) is 23.4 Å². The van der Waals surface area contributed by atoms with E-state index in [4.69, 9.17) is 0 Å². The molecule has 3 aromatic rings. The Hall–Kier alpha value is -3.55. The van der Waals surface area contributed by atoms with Crippen LogP contribution < -0.4 is 16.0 Å². The molecule has 7 heteroatoms. The molecule has 0 unspecified atom stereocenters. The van der Waals surface area contributed by atoms with E-state index in [1.807, 2.05) is 0 Å². The van der Waals surface area contributed by atoms with Gasteiger partial charge in [0.1, 0.15) is 17.7 Å². The van der Waals surface area contributed by atoms with Crippen LogP contribution in [0.15, 0.2) is 72.4 Å². The van der Waals surface area contributed by atoms with Crippen LogP contribution in [0, 0.1) is 11.6 Å². The third kappa shape index (κ3) is 7.44. The quantitative estimate of drug-likeness (QED) is 0.216. The highest BCUT2D eigenvalue weighted by Gasteiger charge is 2.35. The van der Waals surface area contributed by atoms with Gasteiger partial charge in [-0.15, -0.1) is 0 Å². The summed E-state index contributed by atoms with van der Waals surface area (Å²) >= 11 is 0. The number of aliphatic hydroxyl groups is 1. The molecule has 4 rings (SSSR count). The van der Waals surface area contributed by atoms with E-state index < -0.39 is 17.7 Å². The fourth-order valence-electron chi connectivity index (χ4n) is 5.76. The lowest BCUT2D eigenvalue weighted by Crippen LogP contribution is -2.48. The highest BCUT2D eigenvalue weighted by molar-refractivity contribution is 5.94. The Kier molecular flexibility index (Phi) is 9.85. The standard InChI is InChI=1S/C35H43F2N3O2/c1-23(25-18-28(36)21-29(37)19-25)32(40-30-14-12-24(13-15-30)33(42)38-5)31(41)22-39-35(16-7-6-8-17-35)27-11-9-10-26(20-27)34(2,3)4/h9-15,18-21,31,39-41H,6-8,16-17,22H2,1-5H3,(H,38,42)/b32-23-/t31-/m1/s1. The molecule has 4 N–H and O–H groups in total. The van der Waals surface area contributed by atoms with Crippen molar-refractivity contribution in [1.82, 2.24) is 10.6 Å². The summed E-state index contributed by atoms with van der Waals surface area (Å²) < 4.78 is 28.4. The lowest BCUT2D eigenvalue weighted by atomic mass is 9.74. The van der Waals surface area contributed by atoms with Gasteiger partial charge in [-0.1, -0.05) is 64.3 Å². The van der Waals surface area contributed by atoms with Crippen molar-refractivity contribution >= 4 is 17.2 Å². The Morgan fingerprint density at radius 2 is 1.57 bits per heavy atom. The molecule has 1 aliphatic carbocycles. The van der Waals surface area contributed by atoms with Gasteiger partial charge in [0.2, 0.25) is 0 Å². The molecule has 1 atom stereocenters. The minimum Gasteiger partial charge on any atom is -0.386 e. The van der Waals surface area contributed by atoms with Gasteiger partial charge >= 0.3 is 0 Å². The van der Waals surface area contributed by atoms with Gasteiger partial charge in [-0.05, 0) is 83.8 Å². The summed E-state index contributed by atoms with van der Waals surface area (Å²) in [7, 11) is 1.57. The molecule has 0 aliphatic heterocycles. The van der Waals surface area contributed by atoms with Crippen molar-refractivity contribution in [3.8, 4) is 0 Å². The van der Waals surface area contributed by atoms with Crippen LogP contribution in [-0.2, 0) is 11.0 Å². The zero-order valence-electron chi connectivity index (χ0n) is 25.3. The van der Waals surface area contributed by atoms with E-state index in [0.717, 1.165) is 31.7 Å². The topological polar surface area (TPSA) is 73.4 Å². The van der Waals surface area contributed by atoms with Crippen LogP contribution in [0.5, 0.6) is 0 Å². The second-order valence-electron chi connectivity index (χ2n) is 12.3. The first kappa shape index (κ1) is 31.4. The fraction of sp³-hybridized carbons (Fsp3) is 0.400. The molecule has 0 bridgehead atoms. The van der Waals surface area contributed by atoms with Crippen molar-refractivity contribution < 1.29 is 18.7 Å². The van der Waals surface area contributed by atoms with E-state index in [2.05, 4.69) is 61.0 Å². The number of rotatable bonds is 9. The molecule has 0 spiro atoms. The molecular formula is C35H43F2N3O2. The Labute approximate surface area is 248 Å². The Balaban J connectivity index is 1.67.